The fourth-order valence-electron chi connectivity index (χ4n) is 6.65. The van der Waals surface area contributed by atoms with Crippen LogP contribution in [0.3, 0.4) is 0 Å². The lowest BCUT2D eigenvalue weighted by Gasteiger charge is -2.46. The molecule has 5 rings (SSSR count). The molecule has 2 atom stereocenters. The second-order valence-electron chi connectivity index (χ2n) is 10.6. The number of nitrogens with one attached hydrogen (secondary N) is 1. The Morgan fingerprint density at radius 3 is 2.35 bits per heavy atom. The van der Waals surface area contributed by atoms with E-state index >= 15 is 0 Å². The van der Waals surface area contributed by atoms with Gasteiger partial charge in [0.1, 0.15) is 0 Å². The molecule has 0 bridgehead atoms. The fourth-order valence-corrected chi connectivity index (χ4v) is 6.65. The Hall–Kier alpha value is -2.87. The number of likely N-dealkylation sites (tertiary alicyclic amines) is 2. The average molecular weight is 514 g/mol. The molecule has 1 saturated carbocycles. The molecule has 3 fully saturated rings. The number of carbonyl (C=O) groups is 2. The zero-order valence-electron chi connectivity index (χ0n) is 20.9. The van der Waals surface area contributed by atoms with Gasteiger partial charge in [0.2, 0.25) is 5.91 Å². The van der Waals surface area contributed by atoms with Gasteiger partial charge in [-0.3, -0.25) is 14.5 Å². The summed E-state index contributed by atoms with van der Waals surface area (Å²) < 4.78 is 38.9. The number of hydrogen-bond acceptors (Lipinski definition) is 3. The van der Waals surface area contributed by atoms with Crippen LogP contribution in [-0.4, -0.2) is 59.4 Å². The maximum Gasteiger partial charge on any atom is 0.416 e. The van der Waals surface area contributed by atoms with Crippen molar-refractivity contribution in [1.29, 1.82) is 0 Å². The monoisotopic (exact) mass is 513 g/mol. The smallest absolute Gasteiger partial charge is 0.343 e. The summed E-state index contributed by atoms with van der Waals surface area (Å²) in [7, 11) is 0. The van der Waals surface area contributed by atoms with E-state index in [4.69, 9.17) is 0 Å². The van der Waals surface area contributed by atoms with E-state index in [2.05, 4.69) is 40.5 Å². The van der Waals surface area contributed by atoms with E-state index in [1.807, 2.05) is 4.90 Å². The predicted molar refractivity (Wildman–Crippen MR) is 135 cm³/mol. The van der Waals surface area contributed by atoms with Crippen LogP contribution < -0.4 is 5.32 Å². The molecular weight excluding hydrogens is 479 g/mol. The Morgan fingerprint density at radius 2 is 1.62 bits per heavy atom. The van der Waals surface area contributed by atoms with Crippen LogP contribution in [0.1, 0.15) is 72.3 Å². The largest absolute Gasteiger partial charge is 0.416 e. The zero-order chi connectivity index (χ0) is 26.0. The third-order valence-corrected chi connectivity index (χ3v) is 8.46. The first-order valence-corrected chi connectivity index (χ1v) is 13.4. The van der Waals surface area contributed by atoms with E-state index in [0.717, 1.165) is 37.9 Å². The number of hydrogen-bond donors (Lipinski definition) is 1. The third-order valence-electron chi connectivity index (χ3n) is 8.46. The molecule has 0 spiro atoms. The third kappa shape index (κ3) is 5.69. The minimum Gasteiger partial charge on any atom is -0.343 e. The molecule has 2 unspecified atom stereocenters. The molecule has 0 aromatic heterocycles. The van der Waals surface area contributed by atoms with Gasteiger partial charge in [-0.25, -0.2) is 0 Å². The molecule has 0 radical (unpaired) electrons. The van der Waals surface area contributed by atoms with Crippen molar-refractivity contribution in [2.75, 3.05) is 19.6 Å². The van der Waals surface area contributed by atoms with Crippen LogP contribution >= 0.6 is 0 Å². The maximum atomic E-state index is 13.1. The SMILES string of the molecule is O=C(NCC(=O)N1CCC2C1CCCN2[C@H]1CC[C@@H](c2ccccc2)CC1)c1cccc(C(F)(F)F)c1. The second kappa shape index (κ2) is 10.9. The normalized spacial score (nSPS) is 26.5. The number of piperidine rings is 1. The molecule has 2 heterocycles. The van der Waals surface area contributed by atoms with Crippen LogP contribution in [0.5, 0.6) is 0 Å². The molecule has 2 aromatic rings. The summed E-state index contributed by atoms with van der Waals surface area (Å²) in [5, 5.41) is 2.53. The van der Waals surface area contributed by atoms with E-state index < -0.39 is 17.6 Å². The molecule has 2 aliphatic heterocycles. The zero-order valence-corrected chi connectivity index (χ0v) is 20.9. The van der Waals surface area contributed by atoms with Crippen LogP contribution in [0.15, 0.2) is 54.6 Å². The van der Waals surface area contributed by atoms with Gasteiger partial charge in [0.05, 0.1) is 12.1 Å². The van der Waals surface area contributed by atoms with Gasteiger partial charge in [0.25, 0.3) is 5.91 Å². The summed E-state index contributed by atoms with van der Waals surface area (Å²) in [4.78, 5) is 30.0. The highest BCUT2D eigenvalue weighted by Gasteiger charge is 2.44. The highest BCUT2D eigenvalue weighted by Crippen LogP contribution is 2.39. The number of alkyl halides is 3. The lowest BCUT2D eigenvalue weighted by atomic mass is 9.80. The van der Waals surface area contributed by atoms with Gasteiger partial charge in [-0.1, -0.05) is 36.4 Å². The van der Waals surface area contributed by atoms with E-state index in [1.54, 1.807) is 0 Å². The summed E-state index contributed by atoms with van der Waals surface area (Å²) in [6, 6.07) is 16.0. The number of carbonyl (C=O) groups excluding carboxylic acids is 2. The molecule has 3 aliphatic rings. The van der Waals surface area contributed by atoms with E-state index in [1.165, 1.54) is 43.4 Å². The molecule has 198 valence electrons. The summed E-state index contributed by atoms with van der Waals surface area (Å²) in [6.07, 6.45) is 3.11. The minimum atomic E-state index is -4.52. The van der Waals surface area contributed by atoms with Crippen molar-refractivity contribution in [3.63, 3.8) is 0 Å². The van der Waals surface area contributed by atoms with Gasteiger partial charge in [-0.15, -0.1) is 0 Å². The number of fused-ring (bicyclic) bond motifs is 1. The van der Waals surface area contributed by atoms with Crippen LogP contribution in [0.2, 0.25) is 0 Å². The van der Waals surface area contributed by atoms with Crippen LogP contribution in [-0.2, 0) is 11.0 Å². The van der Waals surface area contributed by atoms with E-state index in [-0.39, 0.29) is 24.1 Å². The Kier molecular flexibility index (Phi) is 7.56. The molecule has 8 heteroatoms. The second-order valence-corrected chi connectivity index (χ2v) is 10.6. The van der Waals surface area contributed by atoms with Crippen LogP contribution in [0.25, 0.3) is 0 Å². The Labute approximate surface area is 216 Å². The molecule has 1 N–H and O–H groups in total. The summed E-state index contributed by atoms with van der Waals surface area (Å²) in [6.45, 7) is 1.51. The van der Waals surface area contributed by atoms with Crippen molar-refractivity contribution in [3.8, 4) is 0 Å². The topological polar surface area (TPSA) is 52.7 Å². The maximum absolute atomic E-state index is 13.1. The first-order valence-electron chi connectivity index (χ1n) is 13.4. The quantitative estimate of drug-likeness (QED) is 0.596. The van der Waals surface area contributed by atoms with Crippen molar-refractivity contribution < 1.29 is 22.8 Å². The first kappa shape index (κ1) is 25.8. The summed E-state index contributed by atoms with van der Waals surface area (Å²) in [5.41, 5.74) is 0.452. The number of rotatable bonds is 5. The molecular formula is C29H34F3N3O2. The number of halogens is 3. The molecule has 5 nitrogen and oxygen atoms in total. The minimum absolute atomic E-state index is 0.100. The van der Waals surface area contributed by atoms with Crippen LogP contribution in [0, 0.1) is 0 Å². The predicted octanol–water partition coefficient (Wildman–Crippen LogP) is 5.23. The van der Waals surface area contributed by atoms with Gasteiger partial charge in [-0.05, 0) is 81.2 Å². The van der Waals surface area contributed by atoms with Crippen molar-refractivity contribution in [2.24, 2.45) is 0 Å². The van der Waals surface area contributed by atoms with E-state index in [0.29, 0.717) is 24.5 Å². The van der Waals surface area contributed by atoms with Crippen molar-refractivity contribution in [2.45, 2.75) is 75.2 Å². The molecule has 2 aromatic carbocycles. The average Bonchev–Trinajstić information content (AvgIpc) is 3.36. The number of benzene rings is 2. The molecule has 1 aliphatic carbocycles. The Balaban J connectivity index is 1.15. The first-order chi connectivity index (χ1) is 17.8. The van der Waals surface area contributed by atoms with Crippen molar-refractivity contribution >= 4 is 11.8 Å². The highest BCUT2D eigenvalue weighted by molar-refractivity contribution is 5.96. The van der Waals surface area contributed by atoms with Gasteiger partial charge in [0.15, 0.2) is 0 Å². The number of nitrogens with zero attached hydrogens (tertiary/aromatic N) is 2. The van der Waals surface area contributed by atoms with E-state index in [9.17, 15) is 22.8 Å². The summed E-state index contributed by atoms with van der Waals surface area (Å²) in [5.74, 6) is -0.210. The van der Waals surface area contributed by atoms with Gasteiger partial charge < -0.3 is 10.2 Å². The van der Waals surface area contributed by atoms with Crippen molar-refractivity contribution in [1.82, 2.24) is 15.1 Å². The van der Waals surface area contributed by atoms with Gasteiger partial charge >= 0.3 is 6.18 Å². The van der Waals surface area contributed by atoms with Gasteiger partial charge in [-0.2, -0.15) is 13.2 Å². The fraction of sp³-hybridized carbons (Fsp3) is 0.517. The van der Waals surface area contributed by atoms with Gasteiger partial charge in [0, 0.05) is 30.2 Å². The Morgan fingerprint density at radius 1 is 0.865 bits per heavy atom. The number of amides is 2. The lowest BCUT2D eigenvalue weighted by molar-refractivity contribution is -0.137. The molecule has 37 heavy (non-hydrogen) atoms. The summed E-state index contributed by atoms with van der Waals surface area (Å²) >= 11 is 0. The van der Waals surface area contributed by atoms with Crippen molar-refractivity contribution in [3.05, 3.63) is 71.3 Å². The lowest BCUT2D eigenvalue weighted by Crippen LogP contribution is -2.55. The van der Waals surface area contributed by atoms with Crippen LogP contribution in [0.4, 0.5) is 13.2 Å². The highest BCUT2D eigenvalue weighted by atomic mass is 19.4. The standard InChI is InChI=1S/C29H34F3N3O2/c30-29(31,32)23-9-4-8-22(18-23)28(37)33-19-27(36)35-17-15-26-25(35)10-5-16-34(26)24-13-11-21(12-14-24)20-6-2-1-3-7-20/h1-4,6-9,18,21,24-26H,5,10-17,19H2,(H,33,37)/t21-,24+,25?,26?. The molecule has 2 amide bonds. The molecule has 2 saturated heterocycles. The Bertz CT molecular complexity index is 1100.